The van der Waals surface area contributed by atoms with Gasteiger partial charge in [-0.25, -0.2) is 9.59 Å². The van der Waals surface area contributed by atoms with Gasteiger partial charge in [0, 0.05) is 0 Å². The molecule has 186 valence electrons. The highest BCUT2D eigenvalue weighted by Crippen LogP contribution is 2.36. The standard InChI is InChI=1S/C22H30BNO10/c1-21(2)22(3,4)34-23(33-21)13-8-9-14(16(10-13)32-12-18(26)30-6)19(27)24-15(20(28)31-7)11-17(25)29-5/h8-10,15H,11-12H2,1-7H3,(H,24,27)/t15-/m0/s1. The van der Waals surface area contributed by atoms with Gasteiger partial charge in [0.05, 0.1) is 44.5 Å². The average molecular weight is 479 g/mol. The summed E-state index contributed by atoms with van der Waals surface area (Å²) in [6.45, 7) is 7.14. The topological polar surface area (TPSA) is 136 Å². The first-order valence-corrected chi connectivity index (χ1v) is 10.5. The summed E-state index contributed by atoms with van der Waals surface area (Å²) in [4.78, 5) is 48.3. The lowest BCUT2D eigenvalue weighted by molar-refractivity contribution is -0.149. The summed E-state index contributed by atoms with van der Waals surface area (Å²) in [5, 5.41) is 2.43. The van der Waals surface area contributed by atoms with Crippen molar-refractivity contribution in [3.63, 3.8) is 0 Å². The fourth-order valence-corrected chi connectivity index (χ4v) is 2.99. The maximum Gasteiger partial charge on any atom is 0.494 e. The molecule has 0 spiro atoms. The Labute approximate surface area is 198 Å². The number of carbonyl (C=O) groups excluding carboxylic acids is 4. The number of benzene rings is 1. The van der Waals surface area contributed by atoms with Crippen molar-refractivity contribution in [3.05, 3.63) is 23.8 Å². The average Bonchev–Trinajstić information content (AvgIpc) is 3.02. The Kier molecular flexibility index (Phi) is 8.68. The van der Waals surface area contributed by atoms with Crippen LogP contribution in [0.2, 0.25) is 0 Å². The molecule has 2 rings (SSSR count). The van der Waals surface area contributed by atoms with E-state index in [0.717, 1.165) is 14.2 Å². The number of amides is 1. The normalized spacial score (nSPS) is 16.9. The third-order valence-corrected chi connectivity index (χ3v) is 5.74. The first-order valence-electron chi connectivity index (χ1n) is 10.5. The Morgan fingerprint density at radius 1 is 0.941 bits per heavy atom. The van der Waals surface area contributed by atoms with E-state index < -0.39 is 61.2 Å². The molecule has 0 bridgehead atoms. The van der Waals surface area contributed by atoms with Gasteiger partial charge >= 0.3 is 25.0 Å². The van der Waals surface area contributed by atoms with Crippen LogP contribution in [0.25, 0.3) is 0 Å². The minimum Gasteiger partial charge on any atom is -0.481 e. The molecule has 1 aliphatic rings. The van der Waals surface area contributed by atoms with Gasteiger partial charge < -0.3 is 33.6 Å². The molecule has 1 aromatic rings. The molecule has 1 atom stereocenters. The minimum atomic E-state index is -1.29. The zero-order chi connectivity index (χ0) is 25.7. The molecule has 0 unspecified atom stereocenters. The predicted octanol–water partition coefficient (Wildman–Crippen LogP) is 0.372. The molecule has 1 saturated heterocycles. The van der Waals surface area contributed by atoms with Crippen LogP contribution in [-0.4, -0.2) is 76.1 Å². The molecule has 1 fully saturated rings. The van der Waals surface area contributed by atoms with Crippen LogP contribution in [0.1, 0.15) is 44.5 Å². The van der Waals surface area contributed by atoms with Crippen LogP contribution < -0.4 is 15.5 Å². The minimum absolute atomic E-state index is 0.00272. The quantitative estimate of drug-likeness (QED) is 0.301. The molecule has 0 saturated carbocycles. The molecule has 1 aromatic carbocycles. The van der Waals surface area contributed by atoms with Gasteiger partial charge in [0.15, 0.2) is 6.61 Å². The van der Waals surface area contributed by atoms with Crippen LogP contribution >= 0.6 is 0 Å². The second-order valence-electron chi connectivity index (χ2n) is 8.54. The smallest absolute Gasteiger partial charge is 0.481 e. The highest BCUT2D eigenvalue weighted by Gasteiger charge is 2.51. The van der Waals surface area contributed by atoms with E-state index in [9.17, 15) is 19.2 Å². The number of hydrogen-bond acceptors (Lipinski definition) is 10. The van der Waals surface area contributed by atoms with E-state index in [-0.39, 0.29) is 11.3 Å². The molecule has 12 heteroatoms. The SMILES string of the molecule is COC(=O)COc1cc(B2OC(C)(C)C(C)(C)O2)ccc1C(=O)N[C@@H](CC(=O)OC)C(=O)OC. The number of esters is 3. The van der Waals surface area contributed by atoms with Gasteiger partial charge in [0.1, 0.15) is 11.8 Å². The third kappa shape index (κ3) is 6.26. The lowest BCUT2D eigenvalue weighted by Crippen LogP contribution is -2.43. The summed E-state index contributed by atoms with van der Waals surface area (Å²) in [7, 11) is 2.74. The van der Waals surface area contributed by atoms with Gasteiger partial charge in [-0.3, -0.25) is 9.59 Å². The molecule has 0 radical (unpaired) electrons. The van der Waals surface area contributed by atoms with E-state index in [2.05, 4.69) is 19.5 Å². The number of carbonyl (C=O) groups is 4. The van der Waals surface area contributed by atoms with Crippen molar-refractivity contribution >= 4 is 36.4 Å². The predicted molar refractivity (Wildman–Crippen MR) is 120 cm³/mol. The van der Waals surface area contributed by atoms with E-state index in [4.69, 9.17) is 14.0 Å². The van der Waals surface area contributed by atoms with E-state index in [1.54, 1.807) is 6.07 Å². The number of methoxy groups -OCH3 is 3. The van der Waals surface area contributed by atoms with E-state index in [1.165, 1.54) is 19.2 Å². The van der Waals surface area contributed by atoms with Crippen LogP contribution in [0.5, 0.6) is 5.75 Å². The van der Waals surface area contributed by atoms with Crippen LogP contribution in [-0.2, 0) is 37.9 Å². The molecular weight excluding hydrogens is 449 g/mol. The second kappa shape index (κ2) is 10.9. The van der Waals surface area contributed by atoms with Crippen LogP contribution in [0.4, 0.5) is 0 Å². The van der Waals surface area contributed by atoms with E-state index >= 15 is 0 Å². The fraction of sp³-hybridized carbons (Fsp3) is 0.545. The van der Waals surface area contributed by atoms with Crippen LogP contribution in [0.3, 0.4) is 0 Å². The van der Waals surface area contributed by atoms with Gasteiger partial charge in [0.2, 0.25) is 0 Å². The van der Waals surface area contributed by atoms with Crippen molar-refractivity contribution in [1.82, 2.24) is 5.32 Å². The molecule has 0 aromatic heterocycles. The second-order valence-corrected chi connectivity index (χ2v) is 8.54. The van der Waals surface area contributed by atoms with Gasteiger partial charge in [-0.1, -0.05) is 6.07 Å². The van der Waals surface area contributed by atoms with Crippen molar-refractivity contribution in [3.8, 4) is 5.75 Å². The maximum absolute atomic E-state index is 13.0. The van der Waals surface area contributed by atoms with Crippen LogP contribution in [0, 0.1) is 0 Å². The number of rotatable bonds is 9. The Morgan fingerprint density at radius 3 is 2.06 bits per heavy atom. The van der Waals surface area contributed by atoms with Gasteiger partial charge in [-0.05, 0) is 45.3 Å². The van der Waals surface area contributed by atoms with Gasteiger partial charge in [0.25, 0.3) is 5.91 Å². The lowest BCUT2D eigenvalue weighted by Gasteiger charge is -2.32. The zero-order valence-electron chi connectivity index (χ0n) is 20.4. The van der Waals surface area contributed by atoms with Crippen molar-refractivity contribution in [2.45, 2.75) is 51.4 Å². The van der Waals surface area contributed by atoms with E-state index in [0.29, 0.717) is 5.46 Å². The Morgan fingerprint density at radius 2 is 1.53 bits per heavy atom. The molecule has 1 N–H and O–H groups in total. The molecule has 1 heterocycles. The first-order chi connectivity index (χ1) is 15.8. The molecule has 1 amide bonds. The highest BCUT2D eigenvalue weighted by molar-refractivity contribution is 6.62. The first kappa shape index (κ1) is 27.1. The maximum atomic E-state index is 13.0. The molecule has 11 nitrogen and oxygen atoms in total. The van der Waals surface area contributed by atoms with E-state index in [1.807, 2.05) is 27.7 Å². The largest absolute Gasteiger partial charge is 0.494 e. The summed E-state index contributed by atoms with van der Waals surface area (Å²) in [5.74, 6) is -2.92. The Hall–Kier alpha value is -3.12. The Bertz CT molecular complexity index is 930. The summed E-state index contributed by atoms with van der Waals surface area (Å²) in [6, 6.07) is 3.26. The van der Waals surface area contributed by atoms with Crippen LogP contribution in [0.15, 0.2) is 18.2 Å². The molecule has 0 aliphatic carbocycles. The third-order valence-electron chi connectivity index (χ3n) is 5.74. The number of hydrogen-bond donors (Lipinski definition) is 1. The summed E-state index contributed by atoms with van der Waals surface area (Å²) in [6.07, 6.45) is -0.431. The van der Waals surface area contributed by atoms with Crippen molar-refractivity contribution < 1.29 is 47.4 Å². The monoisotopic (exact) mass is 479 g/mol. The molecule has 1 aliphatic heterocycles. The van der Waals surface area contributed by atoms with Crippen molar-refractivity contribution in [2.24, 2.45) is 0 Å². The highest BCUT2D eigenvalue weighted by atomic mass is 16.7. The zero-order valence-corrected chi connectivity index (χ0v) is 20.4. The Balaban J connectivity index is 2.36. The van der Waals surface area contributed by atoms with Gasteiger partial charge in [-0.2, -0.15) is 0 Å². The van der Waals surface area contributed by atoms with Crippen molar-refractivity contribution in [2.75, 3.05) is 27.9 Å². The summed E-state index contributed by atoms with van der Waals surface area (Å²) >= 11 is 0. The summed E-state index contributed by atoms with van der Waals surface area (Å²) < 4.78 is 31.4. The fourth-order valence-electron chi connectivity index (χ4n) is 2.99. The van der Waals surface area contributed by atoms with Crippen molar-refractivity contribution in [1.29, 1.82) is 0 Å². The van der Waals surface area contributed by atoms with Gasteiger partial charge in [-0.15, -0.1) is 0 Å². The molecule has 34 heavy (non-hydrogen) atoms. The molecular formula is C22H30BNO10. The lowest BCUT2D eigenvalue weighted by atomic mass is 9.78. The number of ether oxygens (including phenoxy) is 4. The number of nitrogens with one attached hydrogen (secondary N) is 1. The summed E-state index contributed by atoms with van der Waals surface area (Å²) in [5.41, 5.74) is -0.637.